The van der Waals surface area contributed by atoms with Crippen LogP contribution in [0.2, 0.25) is 0 Å². The van der Waals surface area contributed by atoms with E-state index in [2.05, 4.69) is 15.4 Å². The van der Waals surface area contributed by atoms with Crippen LogP contribution in [-0.2, 0) is 4.79 Å². The average Bonchev–Trinajstić information content (AvgIpc) is 3.37. The topological polar surface area (TPSA) is 89.4 Å². The lowest BCUT2D eigenvalue weighted by Gasteiger charge is -2.33. The van der Waals surface area contributed by atoms with Crippen LogP contribution in [0, 0.1) is 0 Å². The molecule has 0 saturated carbocycles. The van der Waals surface area contributed by atoms with Crippen LogP contribution in [0.25, 0.3) is 17.1 Å². The molecule has 35 heavy (non-hydrogen) atoms. The van der Waals surface area contributed by atoms with Crippen LogP contribution in [0.5, 0.6) is 5.75 Å². The number of aromatic nitrogens is 3. The van der Waals surface area contributed by atoms with E-state index in [1.165, 1.54) is 4.90 Å². The zero-order chi connectivity index (χ0) is 24.2. The molecule has 1 aromatic heterocycles. The van der Waals surface area contributed by atoms with Crippen molar-refractivity contribution in [2.75, 3.05) is 18.0 Å². The summed E-state index contributed by atoms with van der Waals surface area (Å²) in [5.74, 6) is 0.401. The third kappa shape index (κ3) is 4.50. The zero-order valence-corrected chi connectivity index (χ0v) is 19.3. The number of fused-ring (bicyclic) bond motifs is 1. The molecule has 0 aliphatic carbocycles. The van der Waals surface area contributed by atoms with Gasteiger partial charge >= 0.3 is 0 Å². The summed E-state index contributed by atoms with van der Waals surface area (Å²) in [5, 5.41) is 7.45. The molecule has 2 heterocycles. The fourth-order valence-electron chi connectivity index (χ4n) is 3.97. The summed E-state index contributed by atoms with van der Waals surface area (Å²) >= 11 is 0. The smallest absolute Gasteiger partial charge is 0.298 e. The van der Waals surface area contributed by atoms with Crippen LogP contribution in [-0.4, -0.2) is 45.8 Å². The predicted molar refractivity (Wildman–Crippen MR) is 133 cm³/mol. The Morgan fingerprint density at radius 1 is 0.971 bits per heavy atom. The van der Waals surface area contributed by atoms with Gasteiger partial charge < -0.3 is 10.1 Å². The Bertz CT molecular complexity index is 1280. The van der Waals surface area contributed by atoms with Crippen molar-refractivity contribution >= 4 is 17.5 Å². The Labute approximate surface area is 203 Å². The van der Waals surface area contributed by atoms with Gasteiger partial charge in [0.1, 0.15) is 5.75 Å². The van der Waals surface area contributed by atoms with E-state index in [4.69, 9.17) is 4.74 Å². The molecule has 1 aliphatic rings. The monoisotopic (exact) mass is 467 g/mol. The van der Waals surface area contributed by atoms with Gasteiger partial charge in [-0.1, -0.05) is 67.6 Å². The van der Waals surface area contributed by atoms with Gasteiger partial charge in [0, 0.05) is 12.1 Å². The van der Waals surface area contributed by atoms with Crippen LogP contribution >= 0.6 is 0 Å². The first-order chi connectivity index (χ1) is 17.2. The molecule has 4 aromatic rings. The summed E-state index contributed by atoms with van der Waals surface area (Å²) in [4.78, 5) is 32.6. The fourth-order valence-corrected chi connectivity index (χ4v) is 3.97. The highest BCUT2D eigenvalue weighted by atomic mass is 16.5. The van der Waals surface area contributed by atoms with Crippen LogP contribution in [0.4, 0.5) is 5.69 Å². The Morgan fingerprint density at radius 3 is 2.40 bits per heavy atom. The van der Waals surface area contributed by atoms with E-state index in [1.54, 1.807) is 16.8 Å². The Hall–Kier alpha value is -4.46. The summed E-state index contributed by atoms with van der Waals surface area (Å²) in [6.45, 7) is 2.58. The lowest BCUT2D eigenvalue weighted by molar-refractivity contribution is -0.127. The number of nitrogens with one attached hydrogen (secondary N) is 1. The van der Waals surface area contributed by atoms with E-state index in [0.717, 1.165) is 17.7 Å². The maximum atomic E-state index is 13.8. The van der Waals surface area contributed by atoms with Crippen molar-refractivity contribution in [2.45, 2.75) is 19.4 Å². The zero-order valence-electron chi connectivity index (χ0n) is 19.3. The molecule has 0 fully saturated rings. The first-order valence-corrected chi connectivity index (χ1v) is 11.6. The maximum absolute atomic E-state index is 13.8. The molecule has 2 amide bonds. The number of amides is 2. The number of para-hydroxylation sites is 3. The van der Waals surface area contributed by atoms with Gasteiger partial charge in [0.2, 0.25) is 5.82 Å². The van der Waals surface area contributed by atoms with Gasteiger partial charge in [-0.25, -0.2) is 9.67 Å². The number of benzene rings is 3. The molecule has 0 spiro atoms. The Balaban J connectivity index is 1.54. The number of anilines is 1. The molecule has 0 radical (unpaired) electrons. The molecule has 5 rings (SSSR count). The van der Waals surface area contributed by atoms with Crippen molar-refractivity contribution in [1.82, 2.24) is 20.1 Å². The van der Waals surface area contributed by atoms with Gasteiger partial charge in [-0.05, 0) is 30.7 Å². The maximum Gasteiger partial charge on any atom is 0.298 e. The normalized spacial score (nSPS) is 14.7. The van der Waals surface area contributed by atoms with Crippen molar-refractivity contribution < 1.29 is 14.3 Å². The molecular weight excluding hydrogens is 442 g/mol. The van der Waals surface area contributed by atoms with E-state index in [9.17, 15) is 9.59 Å². The van der Waals surface area contributed by atoms with Crippen molar-refractivity contribution in [3.8, 4) is 22.8 Å². The minimum absolute atomic E-state index is 0.0390. The first-order valence-electron chi connectivity index (χ1n) is 11.6. The molecule has 176 valence electrons. The molecule has 8 heteroatoms. The number of hydrogen-bond acceptors (Lipinski definition) is 5. The summed E-state index contributed by atoms with van der Waals surface area (Å²) < 4.78 is 7.59. The quantitative estimate of drug-likeness (QED) is 0.465. The van der Waals surface area contributed by atoms with Gasteiger partial charge in [0.15, 0.2) is 11.9 Å². The second-order valence-electron chi connectivity index (χ2n) is 8.15. The van der Waals surface area contributed by atoms with Crippen molar-refractivity contribution in [3.63, 3.8) is 0 Å². The highest BCUT2D eigenvalue weighted by Gasteiger charge is 2.35. The molecule has 0 saturated heterocycles. The third-order valence-electron chi connectivity index (χ3n) is 5.69. The summed E-state index contributed by atoms with van der Waals surface area (Å²) in [6, 6.07) is 26.3. The molecule has 1 N–H and O–H groups in total. The number of nitrogens with zero attached hydrogens (tertiary/aromatic N) is 4. The molecule has 0 bridgehead atoms. The Kier molecular flexibility index (Phi) is 6.26. The second-order valence-corrected chi connectivity index (χ2v) is 8.15. The fraction of sp³-hybridized carbons (Fsp3) is 0.185. The van der Waals surface area contributed by atoms with Gasteiger partial charge in [0.05, 0.1) is 17.9 Å². The van der Waals surface area contributed by atoms with Crippen LogP contribution in [0.3, 0.4) is 0 Å². The molecule has 8 nitrogen and oxygen atoms in total. The molecule has 1 atom stereocenters. The average molecular weight is 468 g/mol. The first kappa shape index (κ1) is 22.3. The van der Waals surface area contributed by atoms with E-state index >= 15 is 0 Å². The van der Waals surface area contributed by atoms with E-state index in [1.807, 2.05) is 79.7 Å². The Morgan fingerprint density at radius 2 is 1.66 bits per heavy atom. The highest BCUT2D eigenvalue weighted by Crippen LogP contribution is 2.34. The molecule has 3 aromatic carbocycles. The van der Waals surface area contributed by atoms with E-state index < -0.39 is 12.0 Å². The van der Waals surface area contributed by atoms with Crippen LogP contribution < -0.4 is 15.0 Å². The number of carbonyl (C=O) groups is 2. The number of hydrogen-bond donors (Lipinski definition) is 1. The lowest BCUT2D eigenvalue weighted by atomic mass is 10.1. The molecular formula is C27H25N5O3. The largest absolute Gasteiger partial charge is 0.477 e. The van der Waals surface area contributed by atoms with E-state index in [-0.39, 0.29) is 18.3 Å². The summed E-state index contributed by atoms with van der Waals surface area (Å²) in [6.07, 6.45) is -0.0222. The van der Waals surface area contributed by atoms with Gasteiger partial charge in [-0.2, -0.15) is 0 Å². The van der Waals surface area contributed by atoms with Crippen LogP contribution in [0.15, 0.2) is 84.9 Å². The second kappa shape index (κ2) is 9.80. The highest BCUT2D eigenvalue weighted by molar-refractivity contribution is 6.06. The minimum atomic E-state index is -0.829. The van der Waals surface area contributed by atoms with Crippen molar-refractivity contribution in [3.05, 3.63) is 90.8 Å². The SMILES string of the molecule is CCCNC(=O)C1CN(C(=O)c2nc(-c3ccccc3)n(-c3ccccc3)n2)c2ccccc2O1. The minimum Gasteiger partial charge on any atom is -0.477 e. The molecule has 1 unspecified atom stereocenters. The summed E-state index contributed by atoms with van der Waals surface area (Å²) in [5.41, 5.74) is 2.20. The summed E-state index contributed by atoms with van der Waals surface area (Å²) in [7, 11) is 0. The number of ether oxygens (including phenoxy) is 1. The van der Waals surface area contributed by atoms with Crippen LogP contribution in [0.1, 0.15) is 24.0 Å². The standard InChI is InChI=1S/C27H25N5O3/c1-2-17-28-26(33)23-18-31(21-15-9-10-16-22(21)35-23)27(34)24-29-25(19-11-5-3-6-12-19)32(30-24)20-13-7-4-8-14-20/h3-16,23H,2,17-18H2,1H3,(H,28,33). The van der Waals surface area contributed by atoms with E-state index in [0.29, 0.717) is 23.8 Å². The van der Waals surface area contributed by atoms with Gasteiger partial charge in [0.25, 0.3) is 11.8 Å². The number of rotatable bonds is 6. The third-order valence-corrected chi connectivity index (χ3v) is 5.69. The van der Waals surface area contributed by atoms with Gasteiger partial charge in [-0.3, -0.25) is 14.5 Å². The number of carbonyl (C=O) groups excluding carboxylic acids is 2. The lowest BCUT2D eigenvalue weighted by Crippen LogP contribution is -2.51. The van der Waals surface area contributed by atoms with Crippen molar-refractivity contribution in [2.24, 2.45) is 0 Å². The van der Waals surface area contributed by atoms with Gasteiger partial charge in [-0.15, -0.1) is 5.10 Å². The van der Waals surface area contributed by atoms with Crippen molar-refractivity contribution in [1.29, 1.82) is 0 Å². The predicted octanol–water partition coefficient (Wildman–Crippen LogP) is 3.87. The molecule has 1 aliphatic heterocycles.